The summed E-state index contributed by atoms with van der Waals surface area (Å²) < 4.78 is 49.2. The van der Waals surface area contributed by atoms with Crippen LogP contribution in [-0.2, 0) is 4.79 Å². The van der Waals surface area contributed by atoms with E-state index in [0.717, 1.165) is 5.56 Å². The molecule has 1 heterocycles. The average molecular weight is 343 g/mol. The van der Waals surface area contributed by atoms with E-state index in [-0.39, 0.29) is 31.6 Å². The topological polar surface area (TPSA) is 47.6 Å². The number of alkyl halides is 3. The number of halogens is 3. The lowest BCUT2D eigenvalue weighted by atomic mass is 9.80. The Hall–Kier alpha value is -1.92. The third-order valence-electron chi connectivity index (χ3n) is 4.76. The molecular weight excluding hydrogens is 323 g/mol. The van der Waals surface area contributed by atoms with Gasteiger partial charge in [-0.05, 0) is 43.9 Å². The molecule has 1 aromatic rings. The van der Waals surface area contributed by atoms with Crippen LogP contribution in [0.1, 0.15) is 44.2 Å². The van der Waals surface area contributed by atoms with Crippen LogP contribution in [0.5, 0.6) is 11.5 Å². The summed E-state index contributed by atoms with van der Waals surface area (Å²) in [6.07, 6.45) is -3.29. The minimum absolute atomic E-state index is 0.116. The summed E-state index contributed by atoms with van der Waals surface area (Å²) >= 11 is 0. The first-order valence-electron chi connectivity index (χ1n) is 8.11. The fraction of sp³-hybridized carbons (Fsp3) is 0.588. The molecule has 0 aromatic heterocycles. The van der Waals surface area contributed by atoms with E-state index in [1.807, 2.05) is 6.07 Å². The van der Waals surface area contributed by atoms with Crippen LogP contribution in [-0.4, -0.2) is 18.9 Å². The fourth-order valence-electron chi connectivity index (χ4n) is 3.32. The van der Waals surface area contributed by atoms with E-state index < -0.39 is 18.0 Å². The lowest BCUT2D eigenvalue weighted by Gasteiger charge is -2.30. The van der Waals surface area contributed by atoms with Crippen molar-refractivity contribution >= 4 is 5.91 Å². The average Bonchev–Trinajstić information content (AvgIpc) is 3.01. The molecule has 1 aliphatic carbocycles. The van der Waals surface area contributed by atoms with Crippen LogP contribution < -0.4 is 14.8 Å². The zero-order valence-corrected chi connectivity index (χ0v) is 13.4. The Balaban J connectivity index is 1.61. The van der Waals surface area contributed by atoms with Gasteiger partial charge in [-0.1, -0.05) is 12.5 Å². The second-order valence-corrected chi connectivity index (χ2v) is 6.45. The van der Waals surface area contributed by atoms with E-state index in [2.05, 4.69) is 5.32 Å². The van der Waals surface area contributed by atoms with Crippen LogP contribution in [0.2, 0.25) is 0 Å². The number of amides is 1. The highest BCUT2D eigenvalue weighted by Crippen LogP contribution is 2.40. The fourth-order valence-corrected chi connectivity index (χ4v) is 3.32. The van der Waals surface area contributed by atoms with E-state index in [1.54, 1.807) is 19.1 Å². The van der Waals surface area contributed by atoms with Crippen LogP contribution in [0, 0.1) is 11.8 Å². The van der Waals surface area contributed by atoms with Crippen molar-refractivity contribution in [2.45, 2.75) is 44.8 Å². The van der Waals surface area contributed by atoms with Gasteiger partial charge in [-0.25, -0.2) is 0 Å². The monoisotopic (exact) mass is 343 g/mol. The van der Waals surface area contributed by atoms with Gasteiger partial charge in [0.2, 0.25) is 12.7 Å². The number of hydrogen-bond donors (Lipinski definition) is 1. The molecule has 132 valence electrons. The lowest BCUT2D eigenvalue weighted by Crippen LogP contribution is -2.38. The minimum atomic E-state index is -4.22. The molecule has 0 saturated heterocycles. The van der Waals surface area contributed by atoms with Crippen LogP contribution in [0.15, 0.2) is 18.2 Å². The van der Waals surface area contributed by atoms with Crippen LogP contribution >= 0.6 is 0 Å². The number of carbonyl (C=O) groups is 1. The van der Waals surface area contributed by atoms with E-state index in [9.17, 15) is 18.0 Å². The van der Waals surface area contributed by atoms with Crippen LogP contribution in [0.25, 0.3) is 0 Å². The standard InChI is InChI=1S/C17H20F3NO3/c1-10(11-5-6-14-15(8-11)24-9-23-14)21-16(22)12-3-2-4-13(7-12)17(18,19)20/h5-6,8,10,12-13H,2-4,7,9H2,1H3,(H,21,22)/t10-,12+,13-/m0/s1. The zero-order valence-electron chi connectivity index (χ0n) is 13.4. The van der Waals surface area contributed by atoms with Crippen molar-refractivity contribution in [1.29, 1.82) is 0 Å². The van der Waals surface area contributed by atoms with Gasteiger partial charge in [-0.15, -0.1) is 0 Å². The number of benzene rings is 1. The van der Waals surface area contributed by atoms with Gasteiger partial charge in [-0.2, -0.15) is 13.2 Å². The number of rotatable bonds is 3. The van der Waals surface area contributed by atoms with Crippen molar-refractivity contribution in [3.63, 3.8) is 0 Å². The molecule has 7 heteroatoms. The molecule has 4 nitrogen and oxygen atoms in total. The molecule has 1 fully saturated rings. The third-order valence-corrected chi connectivity index (χ3v) is 4.76. The molecule has 1 N–H and O–H groups in total. The predicted octanol–water partition coefficient (Wildman–Crippen LogP) is 3.96. The Labute approximate surface area is 138 Å². The molecule has 1 amide bonds. The molecular formula is C17H20F3NO3. The minimum Gasteiger partial charge on any atom is -0.454 e. The lowest BCUT2D eigenvalue weighted by molar-refractivity contribution is -0.186. The van der Waals surface area contributed by atoms with E-state index in [4.69, 9.17) is 9.47 Å². The summed E-state index contributed by atoms with van der Waals surface area (Å²) in [7, 11) is 0. The summed E-state index contributed by atoms with van der Waals surface area (Å²) in [6, 6.07) is 5.06. The second kappa shape index (κ2) is 6.53. The van der Waals surface area contributed by atoms with Crippen molar-refractivity contribution < 1.29 is 27.4 Å². The van der Waals surface area contributed by atoms with Crippen LogP contribution in [0.4, 0.5) is 13.2 Å². The molecule has 2 aliphatic rings. The summed E-state index contributed by atoms with van der Waals surface area (Å²) in [5.74, 6) is -1.00. The SMILES string of the molecule is C[C@H](NC(=O)[C@@H]1CCC[C@H](C(F)(F)F)C1)c1ccc2c(c1)OCO2. The molecule has 24 heavy (non-hydrogen) atoms. The molecule has 0 radical (unpaired) electrons. The Kier molecular flexibility index (Phi) is 4.60. The maximum atomic E-state index is 12.9. The van der Waals surface area contributed by atoms with Gasteiger partial charge in [0.1, 0.15) is 0 Å². The van der Waals surface area contributed by atoms with Crippen molar-refractivity contribution in [3.05, 3.63) is 23.8 Å². The Morgan fingerprint density at radius 1 is 1.25 bits per heavy atom. The van der Waals surface area contributed by atoms with Crippen molar-refractivity contribution in [3.8, 4) is 11.5 Å². The van der Waals surface area contributed by atoms with E-state index in [0.29, 0.717) is 24.3 Å². The van der Waals surface area contributed by atoms with E-state index in [1.165, 1.54) is 0 Å². The summed E-state index contributed by atoms with van der Waals surface area (Å²) in [4.78, 5) is 12.4. The molecule has 3 rings (SSSR count). The second-order valence-electron chi connectivity index (χ2n) is 6.45. The van der Waals surface area contributed by atoms with Gasteiger partial charge < -0.3 is 14.8 Å². The summed E-state index contributed by atoms with van der Waals surface area (Å²) in [6.45, 7) is 1.97. The number of hydrogen-bond acceptors (Lipinski definition) is 3. The smallest absolute Gasteiger partial charge is 0.391 e. The summed E-state index contributed by atoms with van der Waals surface area (Å²) in [5.41, 5.74) is 0.829. The third kappa shape index (κ3) is 3.60. The van der Waals surface area contributed by atoms with Gasteiger partial charge in [-0.3, -0.25) is 4.79 Å². The molecule has 1 saturated carbocycles. The van der Waals surface area contributed by atoms with Crippen molar-refractivity contribution in [2.75, 3.05) is 6.79 Å². The highest BCUT2D eigenvalue weighted by atomic mass is 19.4. The number of nitrogens with one attached hydrogen (secondary N) is 1. The van der Waals surface area contributed by atoms with Gasteiger partial charge in [0, 0.05) is 5.92 Å². The molecule has 0 spiro atoms. The Bertz CT molecular complexity index is 618. The van der Waals surface area contributed by atoms with Gasteiger partial charge in [0.05, 0.1) is 12.0 Å². The first kappa shape index (κ1) is 16.9. The first-order valence-corrected chi connectivity index (χ1v) is 8.11. The normalized spacial score (nSPS) is 24.5. The van der Waals surface area contributed by atoms with Gasteiger partial charge in [0.15, 0.2) is 11.5 Å². The Morgan fingerprint density at radius 3 is 2.75 bits per heavy atom. The maximum Gasteiger partial charge on any atom is 0.391 e. The van der Waals surface area contributed by atoms with Crippen molar-refractivity contribution in [2.24, 2.45) is 11.8 Å². The van der Waals surface area contributed by atoms with Gasteiger partial charge in [0.25, 0.3) is 0 Å². The van der Waals surface area contributed by atoms with Gasteiger partial charge >= 0.3 is 6.18 Å². The molecule has 0 unspecified atom stereocenters. The molecule has 1 aliphatic heterocycles. The molecule has 0 bridgehead atoms. The molecule has 1 aromatic carbocycles. The number of ether oxygens (including phenoxy) is 2. The highest BCUT2D eigenvalue weighted by Gasteiger charge is 2.43. The molecule has 3 atom stereocenters. The number of carbonyl (C=O) groups excluding carboxylic acids is 1. The van der Waals surface area contributed by atoms with E-state index >= 15 is 0 Å². The largest absolute Gasteiger partial charge is 0.454 e. The van der Waals surface area contributed by atoms with Crippen molar-refractivity contribution in [1.82, 2.24) is 5.32 Å². The zero-order chi connectivity index (χ0) is 17.3. The van der Waals surface area contributed by atoms with Crippen LogP contribution in [0.3, 0.4) is 0 Å². The first-order chi connectivity index (χ1) is 11.3. The highest BCUT2D eigenvalue weighted by molar-refractivity contribution is 5.79. The maximum absolute atomic E-state index is 12.9. The summed E-state index contributed by atoms with van der Waals surface area (Å²) in [5, 5.41) is 2.83. The quantitative estimate of drug-likeness (QED) is 0.904. The predicted molar refractivity (Wildman–Crippen MR) is 80.6 cm³/mol. The number of fused-ring (bicyclic) bond motifs is 1. The Morgan fingerprint density at radius 2 is 2.00 bits per heavy atom.